The van der Waals surface area contributed by atoms with Crippen molar-refractivity contribution < 1.29 is 9.59 Å². The maximum Gasteiger partial charge on any atom is 0.244 e. The molecule has 1 fully saturated rings. The van der Waals surface area contributed by atoms with Gasteiger partial charge < -0.3 is 5.32 Å². The molecule has 4 nitrogen and oxygen atoms in total. The van der Waals surface area contributed by atoms with Crippen LogP contribution in [0, 0.1) is 34.5 Å². The summed E-state index contributed by atoms with van der Waals surface area (Å²) in [7, 11) is 1.45. The number of carbonyl (C=O) groups is 2. The van der Waals surface area contributed by atoms with Crippen LogP contribution in [0.15, 0.2) is 0 Å². The summed E-state index contributed by atoms with van der Waals surface area (Å²) < 4.78 is 0. The second kappa shape index (κ2) is 6.18. The van der Waals surface area contributed by atoms with Crippen molar-refractivity contribution in [2.45, 2.75) is 46.5 Å². The molecule has 0 heterocycles. The third-order valence-corrected chi connectivity index (χ3v) is 3.93. The number of nitrogens with zero attached hydrogens (tertiary/aromatic N) is 1. The zero-order chi connectivity index (χ0) is 14.6. The van der Waals surface area contributed by atoms with Gasteiger partial charge in [-0.3, -0.25) is 9.59 Å². The summed E-state index contributed by atoms with van der Waals surface area (Å²) >= 11 is 0. The van der Waals surface area contributed by atoms with E-state index in [1.807, 2.05) is 6.07 Å². The summed E-state index contributed by atoms with van der Waals surface area (Å²) in [5.41, 5.74) is 0.248. The van der Waals surface area contributed by atoms with Crippen molar-refractivity contribution in [3.05, 3.63) is 0 Å². The monoisotopic (exact) mass is 264 g/mol. The SMILES string of the molecule is CNC(=O)C(C#N)C(=O)CC1CC(C)CC(C)(C)C1. The highest BCUT2D eigenvalue weighted by molar-refractivity contribution is 6.03. The van der Waals surface area contributed by atoms with E-state index in [0.717, 1.165) is 12.8 Å². The molecule has 0 spiro atoms. The summed E-state index contributed by atoms with van der Waals surface area (Å²) in [6, 6.07) is 1.81. The molecule has 106 valence electrons. The summed E-state index contributed by atoms with van der Waals surface area (Å²) in [4.78, 5) is 23.5. The van der Waals surface area contributed by atoms with Crippen LogP contribution in [-0.2, 0) is 9.59 Å². The van der Waals surface area contributed by atoms with Crippen molar-refractivity contribution in [2.24, 2.45) is 23.2 Å². The Hall–Kier alpha value is -1.37. The molecule has 0 aliphatic heterocycles. The predicted molar refractivity (Wildman–Crippen MR) is 73.1 cm³/mol. The maximum atomic E-state index is 12.1. The lowest BCUT2D eigenvalue weighted by Crippen LogP contribution is -2.35. The van der Waals surface area contributed by atoms with Gasteiger partial charge >= 0.3 is 0 Å². The smallest absolute Gasteiger partial charge is 0.244 e. The highest BCUT2D eigenvalue weighted by Crippen LogP contribution is 2.43. The van der Waals surface area contributed by atoms with Crippen LogP contribution in [-0.4, -0.2) is 18.7 Å². The number of Topliss-reactive ketones (excluding diaryl/α,β-unsaturated/α-hetero) is 1. The lowest BCUT2D eigenvalue weighted by Gasteiger charge is -2.39. The van der Waals surface area contributed by atoms with E-state index in [-0.39, 0.29) is 11.2 Å². The molecule has 0 aromatic heterocycles. The van der Waals surface area contributed by atoms with Crippen LogP contribution in [0.1, 0.15) is 46.5 Å². The second-order valence-corrected chi connectivity index (χ2v) is 6.63. The number of carbonyl (C=O) groups excluding carboxylic acids is 2. The van der Waals surface area contributed by atoms with Crippen molar-refractivity contribution in [1.82, 2.24) is 5.32 Å². The molecule has 19 heavy (non-hydrogen) atoms. The first kappa shape index (κ1) is 15.7. The van der Waals surface area contributed by atoms with Crippen LogP contribution in [0.4, 0.5) is 0 Å². The van der Waals surface area contributed by atoms with Gasteiger partial charge in [-0.2, -0.15) is 5.26 Å². The lowest BCUT2D eigenvalue weighted by atomic mass is 9.66. The molecular formula is C15H24N2O2. The summed E-state index contributed by atoms with van der Waals surface area (Å²) in [6.45, 7) is 6.65. The van der Waals surface area contributed by atoms with Crippen molar-refractivity contribution >= 4 is 11.7 Å². The van der Waals surface area contributed by atoms with E-state index in [1.165, 1.54) is 13.5 Å². The van der Waals surface area contributed by atoms with Gasteiger partial charge in [-0.25, -0.2) is 0 Å². The van der Waals surface area contributed by atoms with Crippen molar-refractivity contribution in [1.29, 1.82) is 5.26 Å². The fourth-order valence-corrected chi connectivity index (χ4v) is 3.52. The zero-order valence-electron chi connectivity index (χ0n) is 12.3. The van der Waals surface area contributed by atoms with Crippen LogP contribution < -0.4 is 5.32 Å². The molecule has 1 N–H and O–H groups in total. The van der Waals surface area contributed by atoms with Gasteiger partial charge in [0.1, 0.15) is 0 Å². The number of ketones is 1. The minimum Gasteiger partial charge on any atom is -0.358 e. The van der Waals surface area contributed by atoms with Gasteiger partial charge in [-0.1, -0.05) is 20.8 Å². The average Bonchev–Trinajstić information content (AvgIpc) is 2.26. The Morgan fingerprint density at radius 1 is 1.42 bits per heavy atom. The first-order valence-electron chi connectivity index (χ1n) is 6.93. The van der Waals surface area contributed by atoms with Gasteiger partial charge in [0, 0.05) is 13.5 Å². The van der Waals surface area contributed by atoms with Gasteiger partial charge in [-0.05, 0) is 36.5 Å². The quantitative estimate of drug-likeness (QED) is 0.792. The number of amides is 1. The first-order valence-corrected chi connectivity index (χ1v) is 6.93. The van der Waals surface area contributed by atoms with Crippen LogP contribution in [0.25, 0.3) is 0 Å². The minimum atomic E-state index is -1.15. The van der Waals surface area contributed by atoms with Crippen LogP contribution in [0.5, 0.6) is 0 Å². The summed E-state index contributed by atoms with van der Waals surface area (Å²) in [5.74, 6) is -0.980. The molecule has 3 unspecified atom stereocenters. The first-order chi connectivity index (χ1) is 8.79. The van der Waals surface area contributed by atoms with E-state index in [1.54, 1.807) is 0 Å². The van der Waals surface area contributed by atoms with Crippen molar-refractivity contribution in [3.8, 4) is 6.07 Å². The number of hydrogen-bond acceptors (Lipinski definition) is 3. The molecular weight excluding hydrogens is 240 g/mol. The highest BCUT2D eigenvalue weighted by atomic mass is 16.2. The average molecular weight is 264 g/mol. The van der Waals surface area contributed by atoms with Crippen LogP contribution in [0.3, 0.4) is 0 Å². The molecule has 1 saturated carbocycles. The van der Waals surface area contributed by atoms with E-state index in [9.17, 15) is 9.59 Å². The predicted octanol–water partition coefficient (Wildman–Crippen LogP) is 2.29. The Bertz CT molecular complexity index is 395. The fraction of sp³-hybridized carbons (Fsp3) is 0.800. The lowest BCUT2D eigenvalue weighted by molar-refractivity contribution is -0.132. The van der Waals surface area contributed by atoms with Gasteiger partial charge in [0.05, 0.1) is 6.07 Å². The fourth-order valence-electron chi connectivity index (χ4n) is 3.52. The number of nitrogens with one attached hydrogen (secondary N) is 1. The van der Waals surface area contributed by atoms with E-state index < -0.39 is 11.8 Å². The molecule has 0 radical (unpaired) electrons. The van der Waals surface area contributed by atoms with Gasteiger partial charge in [-0.15, -0.1) is 0 Å². The Morgan fingerprint density at radius 2 is 2.05 bits per heavy atom. The second-order valence-electron chi connectivity index (χ2n) is 6.63. The molecule has 0 saturated heterocycles. The maximum absolute atomic E-state index is 12.1. The molecule has 4 heteroatoms. The van der Waals surface area contributed by atoms with Gasteiger partial charge in [0.15, 0.2) is 11.7 Å². The summed E-state index contributed by atoms with van der Waals surface area (Å²) in [5, 5.41) is 11.3. The van der Waals surface area contributed by atoms with E-state index in [4.69, 9.17) is 5.26 Å². The molecule has 0 aromatic carbocycles. The largest absolute Gasteiger partial charge is 0.358 e. The Morgan fingerprint density at radius 3 is 2.53 bits per heavy atom. The normalized spacial score (nSPS) is 27.1. The highest BCUT2D eigenvalue weighted by Gasteiger charge is 2.35. The van der Waals surface area contributed by atoms with Crippen molar-refractivity contribution in [2.75, 3.05) is 7.05 Å². The van der Waals surface area contributed by atoms with Crippen molar-refractivity contribution in [3.63, 3.8) is 0 Å². The molecule has 0 bridgehead atoms. The number of hydrogen-bond donors (Lipinski definition) is 1. The summed E-state index contributed by atoms with van der Waals surface area (Å²) in [6.07, 6.45) is 3.53. The van der Waals surface area contributed by atoms with E-state index in [0.29, 0.717) is 18.3 Å². The molecule has 1 rings (SSSR count). The van der Waals surface area contributed by atoms with Gasteiger partial charge in [0.2, 0.25) is 5.91 Å². The minimum absolute atomic E-state index is 0.239. The Balaban J connectivity index is 2.66. The molecule has 1 aliphatic rings. The molecule has 1 aliphatic carbocycles. The Labute approximate surface area is 115 Å². The Kier molecular flexibility index (Phi) is 5.11. The van der Waals surface area contributed by atoms with E-state index >= 15 is 0 Å². The van der Waals surface area contributed by atoms with Crippen LogP contribution >= 0.6 is 0 Å². The van der Waals surface area contributed by atoms with Crippen LogP contribution in [0.2, 0.25) is 0 Å². The van der Waals surface area contributed by atoms with E-state index in [2.05, 4.69) is 26.1 Å². The molecule has 1 amide bonds. The molecule has 3 atom stereocenters. The standard InChI is InChI=1S/C15H24N2O2/c1-10-5-11(8-15(2,3)7-10)6-13(18)12(9-16)14(19)17-4/h10-12H,5-8H2,1-4H3,(H,17,19). The molecule has 0 aromatic rings. The zero-order valence-corrected chi connectivity index (χ0v) is 12.3. The number of rotatable bonds is 4. The third-order valence-electron chi connectivity index (χ3n) is 3.93. The topological polar surface area (TPSA) is 70.0 Å². The number of nitriles is 1. The van der Waals surface area contributed by atoms with Gasteiger partial charge in [0.25, 0.3) is 0 Å². The third kappa shape index (κ3) is 4.34.